The fourth-order valence-corrected chi connectivity index (χ4v) is 1.77. The summed E-state index contributed by atoms with van der Waals surface area (Å²) in [6, 6.07) is 0. The maximum absolute atomic E-state index is 11.8. The number of hydrogen-bond acceptors (Lipinski definition) is 5. The number of ether oxygens (including phenoxy) is 1. The van der Waals surface area contributed by atoms with Gasteiger partial charge in [0.15, 0.2) is 5.60 Å². The lowest BCUT2D eigenvalue weighted by molar-refractivity contribution is -0.166. The summed E-state index contributed by atoms with van der Waals surface area (Å²) in [5, 5.41) is 12.7. The van der Waals surface area contributed by atoms with Gasteiger partial charge in [-0.25, -0.2) is 4.79 Å². The van der Waals surface area contributed by atoms with Gasteiger partial charge in [0, 0.05) is 0 Å². The Kier molecular flexibility index (Phi) is 4.62. The molecule has 0 saturated carbocycles. The largest absolute Gasteiger partial charge is 0.481 e. The molecule has 20 heavy (non-hydrogen) atoms. The molecule has 0 aromatic heterocycles. The maximum Gasteiger partial charge on any atom is 0.410 e. The Balaban J connectivity index is 2.63. The number of amides is 1. The first-order chi connectivity index (χ1) is 9.03. The summed E-state index contributed by atoms with van der Waals surface area (Å²) in [4.78, 5) is 29.4. The highest BCUT2D eigenvalue weighted by Gasteiger charge is 2.51. The van der Waals surface area contributed by atoms with Crippen LogP contribution in [0.15, 0.2) is 5.16 Å². The first kappa shape index (κ1) is 16.3. The Morgan fingerprint density at radius 3 is 2.25 bits per heavy atom. The van der Waals surface area contributed by atoms with Crippen molar-refractivity contribution in [3.05, 3.63) is 0 Å². The summed E-state index contributed by atoms with van der Waals surface area (Å²) in [5.74, 6) is -0.988. The second-order valence-electron chi connectivity index (χ2n) is 6.22. The molecule has 1 saturated heterocycles. The summed E-state index contributed by atoms with van der Waals surface area (Å²) in [6.07, 6.45) is -0.678. The average molecular weight is 286 g/mol. The molecule has 0 spiro atoms. The van der Waals surface area contributed by atoms with Crippen LogP contribution in [0.2, 0.25) is 0 Å². The lowest BCUT2D eigenvalue weighted by atomic mass is 9.91. The molecular formula is C13H22N2O5. The smallest absolute Gasteiger partial charge is 0.410 e. The second-order valence-corrected chi connectivity index (χ2v) is 6.22. The van der Waals surface area contributed by atoms with E-state index in [1.165, 1.54) is 4.90 Å². The molecule has 1 N–H and O–H groups in total. The number of nitrogens with zero attached hydrogens (tertiary/aromatic N) is 2. The Labute approximate surface area is 118 Å². The monoisotopic (exact) mass is 286 g/mol. The van der Waals surface area contributed by atoms with Crippen molar-refractivity contribution >= 4 is 17.8 Å². The van der Waals surface area contributed by atoms with E-state index in [0.29, 0.717) is 5.71 Å². The lowest BCUT2D eigenvalue weighted by Crippen LogP contribution is -2.65. The van der Waals surface area contributed by atoms with Gasteiger partial charge in [-0.2, -0.15) is 0 Å². The number of oxime groups is 1. The van der Waals surface area contributed by atoms with E-state index in [9.17, 15) is 9.59 Å². The molecule has 7 heteroatoms. The minimum absolute atomic E-state index is 0.158. The third-order valence-corrected chi connectivity index (χ3v) is 2.50. The number of hydrogen-bond donors (Lipinski definition) is 1. The molecular weight excluding hydrogens is 264 g/mol. The van der Waals surface area contributed by atoms with Gasteiger partial charge in [0.05, 0.1) is 25.2 Å². The zero-order valence-corrected chi connectivity index (χ0v) is 12.6. The maximum atomic E-state index is 11.8. The number of carboxylic acid groups (broad SMARTS) is 1. The summed E-state index contributed by atoms with van der Waals surface area (Å²) in [6.45, 7) is 9.14. The van der Waals surface area contributed by atoms with Crippen LogP contribution in [0.25, 0.3) is 0 Å². The number of carbonyl (C=O) groups excluding carboxylic acids is 1. The van der Waals surface area contributed by atoms with Crippen LogP contribution >= 0.6 is 0 Å². The highest BCUT2D eigenvalue weighted by molar-refractivity contribution is 5.78. The van der Waals surface area contributed by atoms with Gasteiger partial charge < -0.3 is 14.7 Å². The van der Waals surface area contributed by atoms with Crippen LogP contribution in [0, 0.1) is 0 Å². The van der Waals surface area contributed by atoms with E-state index in [2.05, 4.69) is 5.16 Å². The molecule has 0 aromatic rings. The summed E-state index contributed by atoms with van der Waals surface area (Å²) in [5.41, 5.74) is -0.855. The predicted molar refractivity (Wildman–Crippen MR) is 72.7 cm³/mol. The number of carboxylic acids is 1. The van der Waals surface area contributed by atoms with Gasteiger partial charge in [-0.05, 0) is 34.6 Å². The van der Waals surface area contributed by atoms with Crippen LogP contribution in [0.5, 0.6) is 0 Å². The average Bonchev–Trinajstić information content (AvgIpc) is 2.17. The molecule has 1 aliphatic heterocycles. The summed E-state index contributed by atoms with van der Waals surface area (Å²) in [7, 11) is 0. The fourth-order valence-electron chi connectivity index (χ4n) is 1.77. The molecule has 0 unspecified atom stereocenters. The van der Waals surface area contributed by atoms with Crippen molar-refractivity contribution in [2.24, 2.45) is 5.16 Å². The number of likely N-dealkylation sites (tertiary alicyclic amines) is 1. The van der Waals surface area contributed by atoms with Crippen LogP contribution in [-0.4, -0.2) is 52.1 Å². The zero-order chi connectivity index (χ0) is 15.6. The lowest BCUT2D eigenvalue weighted by Gasteiger charge is -2.46. The van der Waals surface area contributed by atoms with Crippen LogP contribution in [0.1, 0.15) is 41.0 Å². The SMILES string of the molecule is CC(C)=NOC1(CC(=O)O)CN(C(=O)OC(C)(C)C)C1. The van der Waals surface area contributed by atoms with Crippen molar-refractivity contribution in [3.63, 3.8) is 0 Å². The topological polar surface area (TPSA) is 88.4 Å². The van der Waals surface area contributed by atoms with Crippen molar-refractivity contribution in [1.82, 2.24) is 4.90 Å². The van der Waals surface area contributed by atoms with Gasteiger partial charge in [-0.15, -0.1) is 0 Å². The molecule has 0 atom stereocenters. The number of carbonyl (C=O) groups is 2. The van der Waals surface area contributed by atoms with E-state index in [1.54, 1.807) is 34.6 Å². The van der Waals surface area contributed by atoms with Crippen LogP contribution < -0.4 is 0 Å². The third kappa shape index (κ3) is 4.71. The van der Waals surface area contributed by atoms with E-state index in [1.807, 2.05) is 0 Å². The molecule has 114 valence electrons. The van der Waals surface area contributed by atoms with Crippen LogP contribution in [0.4, 0.5) is 4.79 Å². The van der Waals surface area contributed by atoms with E-state index in [-0.39, 0.29) is 19.5 Å². The van der Waals surface area contributed by atoms with E-state index in [4.69, 9.17) is 14.7 Å². The molecule has 0 radical (unpaired) electrons. The van der Waals surface area contributed by atoms with Gasteiger partial charge in [-0.1, -0.05) is 5.16 Å². The molecule has 1 amide bonds. The standard InChI is InChI=1S/C13H22N2O5/c1-9(2)14-20-13(6-10(16)17)7-15(8-13)11(18)19-12(3,4)5/h6-8H2,1-5H3,(H,16,17). The van der Waals surface area contributed by atoms with Crippen LogP contribution in [-0.2, 0) is 14.4 Å². The van der Waals surface area contributed by atoms with Crippen molar-refractivity contribution < 1.29 is 24.3 Å². The van der Waals surface area contributed by atoms with Crippen molar-refractivity contribution in [2.75, 3.05) is 13.1 Å². The minimum Gasteiger partial charge on any atom is -0.481 e. The summed E-state index contributed by atoms with van der Waals surface area (Å²) >= 11 is 0. The molecule has 7 nitrogen and oxygen atoms in total. The zero-order valence-electron chi connectivity index (χ0n) is 12.6. The Morgan fingerprint density at radius 1 is 1.30 bits per heavy atom. The van der Waals surface area contributed by atoms with Crippen molar-refractivity contribution in [2.45, 2.75) is 52.2 Å². The number of aliphatic carboxylic acids is 1. The molecule has 0 bridgehead atoms. The molecule has 0 aromatic carbocycles. The second kappa shape index (κ2) is 5.68. The first-order valence-corrected chi connectivity index (χ1v) is 6.42. The Bertz CT molecular complexity index is 415. The third-order valence-electron chi connectivity index (χ3n) is 2.50. The van der Waals surface area contributed by atoms with Crippen molar-refractivity contribution in [3.8, 4) is 0 Å². The highest BCUT2D eigenvalue weighted by atomic mass is 16.7. The van der Waals surface area contributed by atoms with E-state index >= 15 is 0 Å². The normalized spacial score (nSPS) is 16.9. The summed E-state index contributed by atoms with van der Waals surface area (Å²) < 4.78 is 5.21. The van der Waals surface area contributed by atoms with Crippen LogP contribution in [0.3, 0.4) is 0 Å². The van der Waals surface area contributed by atoms with Gasteiger partial charge in [0.1, 0.15) is 5.60 Å². The molecule has 1 fully saturated rings. The Hall–Kier alpha value is -1.79. The number of rotatable bonds is 4. The van der Waals surface area contributed by atoms with Gasteiger partial charge in [-0.3, -0.25) is 9.69 Å². The minimum atomic E-state index is -0.988. The van der Waals surface area contributed by atoms with E-state index in [0.717, 1.165) is 0 Å². The predicted octanol–water partition coefficient (Wildman–Crippen LogP) is 1.86. The molecule has 1 heterocycles. The van der Waals surface area contributed by atoms with E-state index < -0.39 is 23.3 Å². The quantitative estimate of drug-likeness (QED) is 0.629. The van der Waals surface area contributed by atoms with Gasteiger partial charge in [0.2, 0.25) is 0 Å². The fraction of sp³-hybridized carbons (Fsp3) is 0.769. The van der Waals surface area contributed by atoms with Gasteiger partial charge in [0.25, 0.3) is 0 Å². The van der Waals surface area contributed by atoms with Gasteiger partial charge >= 0.3 is 12.1 Å². The first-order valence-electron chi connectivity index (χ1n) is 6.42. The highest BCUT2D eigenvalue weighted by Crippen LogP contribution is 2.30. The Morgan fingerprint density at radius 2 is 1.85 bits per heavy atom. The molecule has 1 rings (SSSR count). The molecule has 1 aliphatic rings. The van der Waals surface area contributed by atoms with Crippen molar-refractivity contribution in [1.29, 1.82) is 0 Å². The molecule has 0 aliphatic carbocycles.